The fraction of sp³-hybridized carbons (Fsp3) is 0. The molecule has 9 aromatic rings. The molecule has 0 bridgehead atoms. The fourth-order valence-electron chi connectivity index (χ4n) is 6.51. The Bertz CT molecular complexity index is 2580. The SMILES string of the molecule is OPc1cccc(-c2ccc3ccc4ccc(-c5cccc(-c6ccc7ccc8ccc(-c9cccc(PO)c9)nc8c7n6)c5)nc4c3n2)c1. The van der Waals surface area contributed by atoms with E-state index in [1.807, 2.05) is 66.7 Å². The van der Waals surface area contributed by atoms with Gasteiger partial charge in [0.05, 0.1) is 44.8 Å². The molecule has 8 heteroatoms. The first-order valence-electron chi connectivity index (χ1n) is 16.2. The van der Waals surface area contributed by atoms with E-state index >= 15 is 0 Å². The maximum absolute atomic E-state index is 9.69. The molecule has 0 amide bonds. The molecule has 0 fully saturated rings. The number of pyridine rings is 4. The molecule has 6 nitrogen and oxygen atoms in total. The summed E-state index contributed by atoms with van der Waals surface area (Å²) in [5.41, 5.74) is 10.7. The Balaban J connectivity index is 1.13. The average molecular weight is 683 g/mol. The number of aromatic nitrogens is 4. The van der Waals surface area contributed by atoms with Crippen molar-refractivity contribution in [2.24, 2.45) is 0 Å². The summed E-state index contributed by atoms with van der Waals surface area (Å²) in [6, 6.07) is 49.0. The van der Waals surface area contributed by atoms with E-state index in [0.29, 0.717) is 0 Å². The second-order valence-corrected chi connectivity index (χ2v) is 13.8. The Morgan fingerprint density at radius 3 is 0.920 bits per heavy atom. The van der Waals surface area contributed by atoms with Crippen LogP contribution in [-0.2, 0) is 0 Å². The van der Waals surface area contributed by atoms with Gasteiger partial charge < -0.3 is 9.79 Å². The molecule has 0 radical (unpaired) electrons. The van der Waals surface area contributed by atoms with E-state index in [9.17, 15) is 9.79 Å². The third-order valence-corrected chi connectivity index (χ3v) is 10.2. The standard InChI is InChI=1S/C42H28N4O2P2/c47-49-33-8-2-6-31(23-33)37-20-16-27-12-10-25-14-18-35(43-39(25)41(27)45-37)29-4-1-5-30(22-29)36-19-15-26-11-13-28-17-21-38(46-42(28)40(26)44-36)32-7-3-9-34(24-32)50-48/h1-24,47-50H. The van der Waals surface area contributed by atoms with Crippen LogP contribution in [0.3, 0.4) is 0 Å². The second-order valence-electron chi connectivity index (χ2n) is 12.2. The van der Waals surface area contributed by atoms with Crippen LogP contribution >= 0.6 is 17.6 Å². The highest BCUT2D eigenvalue weighted by Gasteiger charge is 2.12. The van der Waals surface area contributed by atoms with Crippen molar-refractivity contribution in [3.8, 4) is 45.0 Å². The zero-order valence-corrected chi connectivity index (χ0v) is 28.5. The molecule has 0 saturated heterocycles. The van der Waals surface area contributed by atoms with Crippen LogP contribution in [0.1, 0.15) is 0 Å². The van der Waals surface area contributed by atoms with E-state index in [4.69, 9.17) is 19.9 Å². The summed E-state index contributed by atoms with van der Waals surface area (Å²) in [7, 11) is -0.527. The first kappa shape index (κ1) is 30.6. The molecule has 0 aliphatic carbocycles. The summed E-state index contributed by atoms with van der Waals surface area (Å²) in [6.07, 6.45) is 0. The van der Waals surface area contributed by atoms with Crippen LogP contribution in [0.5, 0.6) is 0 Å². The van der Waals surface area contributed by atoms with E-state index in [0.717, 1.165) is 99.3 Å². The topological polar surface area (TPSA) is 92.0 Å². The van der Waals surface area contributed by atoms with Crippen molar-refractivity contribution in [3.05, 3.63) is 146 Å². The number of benzene rings is 5. The molecule has 4 aromatic heterocycles. The zero-order valence-electron chi connectivity index (χ0n) is 26.5. The first-order valence-corrected chi connectivity index (χ1v) is 18.1. The van der Waals surface area contributed by atoms with Gasteiger partial charge in [-0.1, -0.05) is 103 Å². The Hall–Kier alpha value is -5.48. The molecule has 238 valence electrons. The molecule has 0 spiro atoms. The van der Waals surface area contributed by atoms with E-state index in [-0.39, 0.29) is 17.6 Å². The third-order valence-electron chi connectivity index (χ3n) is 9.07. The summed E-state index contributed by atoms with van der Waals surface area (Å²) >= 11 is 0. The molecule has 5 aromatic carbocycles. The second kappa shape index (κ2) is 12.8. The van der Waals surface area contributed by atoms with Crippen LogP contribution in [0.15, 0.2) is 146 Å². The van der Waals surface area contributed by atoms with Gasteiger partial charge in [-0.2, -0.15) is 0 Å². The predicted molar refractivity (Wildman–Crippen MR) is 210 cm³/mol. The molecular weight excluding hydrogens is 654 g/mol. The molecule has 4 heterocycles. The maximum atomic E-state index is 9.69. The quantitative estimate of drug-likeness (QED) is 0.134. The largest absolute Gasteiger partial charge is 0.372 e. The van der Waals surface area contributed by atoms with E-state index < -0.39 is 0 Å². The molecule has 2 unspecified atom stereocenters. The Morgan fingerprint density at radius 1 is 0.320 bits per heavy atom. The van der Waals surface area contributed by atoms with E-state index in [2.05, 4.69) is 78.9 Å². The lowest BCUT2D eigenvalue weighted by atomic mass is 10.0. The van der Waals surface area contributed by atoms with Gasteiger partial charge in [0.2, 0.25) is 0 Å². The average Bonchev–Trinajstić information content (AvgIpc) is 3.20. The fourth-order valence-corrected chi connectivity index (χ4v) is 7.29. The molecule has 2 N–H and O–H groups in total. The van der Waals surface area contributed by atoms with Gasteiger partial charge in [0.15, 0.2) is 0 Å². The van der Waals surface area contributed by atoms with Crippen LogP contribution in [-0.4, -0.2) is 29.7 Å². The maximum Gasteiger partial charge on any atom is 0.0972 e. The van der Waals surface area contributed by atoms with Gasteiger partial charge in [0.25, 0.3) is 0 Å². The molecule has 0 saturated carbocycles. The number of nitrogens with zero attached hydrogens (tertiary/aromatic N) is 4. The summed E-state index contributed by atoms with van der Waals surface area (Å²) in [4.78, 5) is 39.9. The zero-order chi connectivity index (χ0) is 33.6. The van der Waals surface area contributed by atoms with Crippen LogP contribution in [0, 0.1) is 0 Å². The molecular formula is C42H28N4O2P2. The molecule has 0 aliphatic rings. The third kappa shape index (κ3) is 5.59. The summed E-state index contributed by atoms with van der Waals surface area (Å²) < 4.78 is 0. The number of hydrogen-bond donors (Lipinski definition) is 2. The van der Waals surface area contributed by atoms with Crippen molar-refractivity contribution >= 4 is 71.8 Å². The minimum atomic E-state index is -0.263. The van der Waals surface area contributed by atoms with Crippen LogP contribution in [0.4, 0.5) is 0 Å². The summed E-state index contributed by atoms with van der Waals surface area (Å²) in [5.74, 6) is 0. The van der Waals surface area contributed by atoms with Crippen molar-refractivity contribution in [1.29, 1.82) is 0 Å². The van der Waals surface area contributed by atoms with Gasteiger partial charge >= 0.3 is 0 Å². The highest BCUT2D eigenvalue weighted by Crippen LogP contribution is 2.32. The van der Waals surface area contributed by atoms with Crippen LogP contribution in [0.2, 0.25) is 0 Å². The highest BCUT2D eigenvalue weighted by atomic mass is 31.1. The predicted octanol–water partition coefficient (Wildman–Crippen LogP) is 8.97. The minimum Gasteiger partial charge on any atom is -0.372 e. The van der Waals surface area contributed by atoms with E-state index in [1.54, 1.807) is 0 Å². The minimum absolute atomic E-state index is 0.263. The highest BCUT2D eigenvalue weighted by molar-refractivity contribution is 7.41. The van der Waals surface area contributed by atoms with Crippen LogP contribution in [0.25, 0.3) is 88.6 Å². The monoisotopic (exact) mass is 682 g/mol. The van der Waals surface area contributed by atoms with Crippen molar-refractivity contribution in [1.82, 2.24) is 19.9 Å². The smallest absolute Gasteiger partial charge is 0.0972 e. The van der Waals surface area contributed by atoms with Crippen molar-refractivity contribution < 1.29 is 9.79 Å². The first-order chi connectivity index (χ1) is 24.6. The number of fused-ring (bicyclic) bond motifs is 6. The molecule has 50 heavy (non-hydrogen) atoms. The summed E-state index contributed by atoms with van der Waals surface area (Å²) in [5, 5.41) is 5.83. The lowest BCUT2D eigenvalue weighted by molar-refractivity contribution is 0.654. The van der Waals surface area contributed by atoms with Gasteiger partial charge in [-0.05, 0) is 53.1 Å². The number of rotatable bonds is 6. The molecule has 9 rings (SSSR count). The van der Waals surface area contributed by atoms with Gasteiger partial charge in [0, 0.05) is 61.4 Å². The van der Waals surface area contributed by atoms with Crippen molar-refractivity contribution in [2.75, 3.05) is 0 Å². The van der Waals surface area contributed by atoms with Crippen molar-refractivity contribution in [2.45, 2.75) is 0 Å². The number of hydrogen-bond acceptors (Lipinski definition) is 6. The van der Waals surface area contributed by atoms with Crippen LogP contribution < -0.4 is 10.6 Å². The normalized spacial score (nSPS) is 12.0. The Morgan fingerprint density at radius 2 is 0.600 bits per heavy atom. The van der Waals surface area contributed by atoms with Gasteiger partial charge in [-0.3, -0.25) is 0 Å². The van der Waals surface area contributed by atoms with Gasteiger partial charge in [-0.25, -0.2) is 19.9 Å². The Labute approximate surface area is 291 Å². The summed E-state index contributed by atoms with van der Waals surface area (Å²) in [6.45, 7) is 0. The molecule has 0 aliphatic heterocycles. The lowest BCUT2D eigenvalue weighted by Gasteiger charge is -2.10. The van der Waals surface area contributed by atoms with Gasteiger partial charge in [0.1, 0.15) is 0 Å². The van der Waals surface area contributed by atoms with E-state index in [1.165, 1.54) is 0 Å². The van der Waals surface area contributed by atoms with Gasteiger partial charge in [-0.15, -0.1) is 0 Å². The Kier molecular flexibility index (Phi) is 7.80. The van der Waals surface area contributed by atoms with Crippen molar-refractivity contribution in [3.63, 3.8) is 0 Å². The molecule has 2 atom stereocenters. The lowest BCUT2D eigenvalue weighted by Crippen LogP contribution is -1.95.